The molecule has 0 fully saturated rings. The fraction of sp³-hybridized carbons (Fsp3) is 0.118. The van der Waals surface area contributed by atoms with Gasteiger partial charge in [-0.1, -0.05) is 23.7 Å². The molecule has 5 heteroatoms. The van der Waals surface area contributed by atoms with E-state index in [-0.39, 0.29) is 11.7 Å². The molecule has 0 saturated carbocycles. The number of carbonyl (C=O) groups is 1. The fourth-order valence-corrected chi connectivity index (χ4v) is 1.84. The van der Waals surface area contributed by atoms with E-state index >= 15 is 0 Å². The third-order valence-corrected chi connectivity index (χ3v) is 3.01. The summed E-state index contributed by atoms with van der Waals surface area (Å²) in [6.45, 7) is 0.718. The molecule has 2 aromatic carbocycles. The van der Waals surface area contributed by atoms with Crippen molar-refractivity contribution < 1.29 is 13.9 Å². The highest BCUT2D eigenvalue weighted by Crippen LogP contribution is 2.15. The number of hydrogen-bond acceptors (Lipinski definition) is 2. The zero-order valence-corrected chi connectivity index (χ0v) is 12.5. The first-order valence-corrected chi connectivity index (χ1v) is 7.11. The van der Waals surface area contributed by atoms with Gasteiger partial charge >= 0.3 is 0 Å². The SMILES string of the molecule is O=C(/C=C/c1cccc(F)c1)NCCOc1ccc(Cl)cc1. The van der Waals surface area contributed by atoms with E-state index in [1.807, 2.05) is 0 Å². The minimum atomic E-state index is -0.334. The predicted molar refractivity (Wildman–Crippen MR) is 85.4 cm³/mol. The number of benzene rings is 2. The average Bonchev–Trinajstić information content (AvgIpc) is 2.51. The lowest BCUT2D eigenvalue weighted by Crippen LogP contribution is -2.26. The number of ether oxygens (including phenoxy) is 1. The van der Waals surface area contributed by atoms with Crippen LogP contribution in [0.2, 0.25) is 5.02 Å². The Morgan fingerprint density at radius 1 is 1.23 bits per heavy atom. The summed E-state index contributed by atoms with van der Waals surface area (Å²) in [6, 6.07) is 13.0. The second kappa shape index (κ2) is 8.20. The smallest absolute Gasteiger partial charge is 0.244 e. The van der Waals surface area contributed by atoms with Crippen LogP contribution in [0.4, 0.5) is 4.39 Å². The van der Waals surface area contributed by atoms with Crippen molar-refractivity contribution in [3.8, 4) is 5.75 Å². The summed E-state index contributed by atoms with van der Waals surface area (Å²) in [4.78, 5) is 11.6. The van der Waals surface area contributed by atoms with Crippen LogP contribution in [0, 0.1) is 5.82 Å². The van der Waals surface area contributed by atoms with Crippen molar-refractivity contribution in [2.75, 3.05) is 13.2 Å². The monoisotopic (exact) mass is 319 g/mol. The quantitative estimate of drug-likeness (QED) is 0.651. The van der Waals surface area contributed by atoms with Crippen LogP contribution in [0.25, 0.3) is 6.08 Å². The van der Waals surface area contributed by atoms with Gasteiger partial charge in [0.25, 0.3) is 0 Å². The maximum atomic E-state index is 13.0. The van der Waals surface area contributed by atoms with Gasteiger partial charge in [0.2, 0.25) is 5.91 Å². The Labute approximate surface area is 133 Å². The van der Waals surface area contributed by atoms with Crippen LogP contribution in [-0.4, -0.2) is 19.1 Å². The molecule has 0 unspecified atom stereocenters. The average molecular weight is 320 g/mol. The number of rotatable bonds is 6. The van der Waals surface area contributed by atoms with E-state index < -0.39 is 0 Å². The number of hydrogen-bond donors (Lipinski definition) is 1. The zero-order valence-electron chi connectivity index (χ0n) is 11.8. The molecule has 0 aliphatic heterocycles. The topological polar surface area (TPSA) is 38.3 Å². The minimum Gasteiger partial charge on any atom is -0.492 e. The Hall–Kier alpha value is -2.33. The Morgan fingerprint density at radius 2 is 2.00 bits per heavy atom. The van der Waals surface area contributed by atoms with Gasteiger partial charge in [0.05, 0.1) is 6.54 Å². The summed E-state index contributed by atoms with van der Waals surface area (Å²) in [5.41, 5.74) is 0.632. The second-order valence-corrected chi connectivity index (χ2v) is 4.92. The molecule has 0 aromatic heterocycles. The van der Waals surface area contributed by atoms with Gasteiger partial charge in [-0.25, -0.2) is 4.39 Å². The van der Waals surface area contributed by atoms with Gasteiger partial charge in [0.15, 0.2) is 0 Å². The molecule has 1 N–H and O–H groups in total. The molecule has 3 nitrogen and oxygen atoms in total. The first kappa shape index (κ1) is 16.0. The van der Waals surface area contributed by atoms with Crippen LogP contribution in [0.3, 0.4) is 0 Å². The molecule has 0 aliphatic carbocycles. The van der Waals surface area contributed by atoms with Crippen molar-refractivity contribution in [1.29, 1.82) is 0 Å². The summed E-state index contributed by atoms with van der Waals surface area (Å²) in [5, 5.41) is 3.32. The van der Waals surface area contributed by atoms with Crippen LogP contribution in [0.5, 0.6) is 5.75 Å². The van der Waals surface area contributed by atoms with Crippen molar-refractivity contribution in [2.24, 2.45) is 0 Å². The van der Waals surface area contributed by atoms with Crippen molar-refractivity contribution in [1.82, 2.24) is 5.32 Å². The first-order valence-electron chi connectivity index (χ1n) is 6.73. The molecule has 0 radical (unpaired) electrons. The molecule has 114 valence electrons. The summed E-state index contributed by atoms with van der Waals surface area (Å²) in [7, 11) is 0. The summed E-state index contributed by atoms with van der Waals surface area (Å²) in [6.07, 6.45) is 2.91. The van der Waals surface area contributed by atoms with E-state index in [0.717, 1.165) is 0 Å². The summed E-state index contributed by atoms with van der Waals surface area (Å²) < 4.78 is 18.4. The molecule has 22 heavy (non-hydrogen) atoms. The molecule has 0 spiro atoms. The van der Waals surface area contributed by atoms with Crippen LogP contribution in [0.15, 0.2) is 54.6 Å². The molecular weight excluding hydrogens is 305 g/mol. The van der Waals surface area contributed by atoms with E-state index in [2.05, 4.69) is 5.32 Å². The highest BCUT2D eigenvalue weighted by Gasteiger charge is 1.97. The van der Waals surface area contributed by atoms with Gasteiger partial charge < -0.3 is 10.1 Å². The molecule has 2 rings (SSSR count). The van der Waals surface area contributed by atoms with Crippen molar-refractivity contribution in [2.45, 2.75) is 0 Å². The van der Waals surface area contributed by atoms with Crippen molar-refractivity contribution >= 4 is 23.6 Å². The van der Waals surface area contributed by atoms with Crippen LogP contribution < -0.4 is 10.1 Å². The third-order valence-electron chi connectivity index (χ3n) is 2.76. The van der Waals surface area contributed by atoms with Gasteiger partial charge in [0.1, 0.15) is 18.2 Å². The molecule has 2 aromatic rings. The highest BCUT2D eigenvalue weighted by molar-refractivity contribution is 6.30. The van der Waals surface area contributed by atoms with Gasteiger partial charge in [0, 0.05) is 11.1 Å². The van der Waals surface area contributed by atoms with E-state index in [4.69, 9.17) is 16.3 Å². The Kier molecular flexibility index (Phi) is 5.98. The van der Waals surface area contributed by atoms with Crippen molar-refractivity contribution in [3.05, 3.63) is 71.0 Å². The van der Waals surface area contributed by atoms with Crippen molar-refractivity contribution in [3.63, 3.8) is 0 Å². The van der Waals surface area contributed by atoms with E-state index in [0.29, 0.717) is 29.5 Å². The zero-order chi connectivity index (χ0) is 15.8. The third kappa shape index (κ3) is 5.58. The molecular formula is C17H15ClFNO2. The number of amides is 1. The Morgan fingerprint density at radius 3 is 2.73 bits per heavy atom. The highest BCUT2D eigenvalue weighted by atomic mass is 35.5. The normalized spacial score (nSPS) is 10.6. The lowest BCUT2D eigenvalue weighted by Gasteiger charge is -2.06. The molecule has 1 amide bonds. The summed E-state index contributed by atoms with van der Waals surface area (Å²) in [5.74, 6) is 0.0943. The lowest BCUT2D eigenvalue weighted by molar-refractivity contribution is -0.116. The van der Waals surface area contributed by atoms with Crippen LogP contribution in [0.1, 0.15) is 5.56 Å². The van der Waals surface area contributed by atoms with Crippen LogP contribution in [-0.2, 0) is 4.79 Å². The van der Waals surface area contributed by atoms with Crippen LogP contribution >= 0.6 is 11.6 Å². The molecule has 0 heterocycles. The minimum absolute atomic E-state index is 0.260. The lowest BCUT2D eigenvalue weighted by atomic mass is 10.2. The molecule has 0 saturated heterocycles. The fourth-order valence-electron chi connectivity index (χ4n) is 1.72. The maximum absolute atomic E-state index is 13.0. The number of halogens is 2. The Balaban J connectivity index is 1.70. The number of carbonyl (C=O) groups excluding carboxylic acids is 1. The maximum Gasteiger partial charge on any atom is 0.244 e. The second-order valence-electron chi connectivity index (χ2n) is 4.48. The number of nitrogens with one attached hydrogen (secondary N) is 1. The van der Waals surface area contributed by atoms with E-state index in [9.17, 15) is 9.18 Å². The standard InChI is InChI=1S/C17H15ClFNO2/c18-14-5-7-16(8-6-14)22-11-10-20-17(21)9-4-13-2-1-3-15(19)12-13/h1-9,12H,10-11H2,(H,20,21)/b9-4+. The van der Waals surface area contributed by atoms with E-state index in [1.165, 1.54) is 18.2 Å². The van der Waals surface area contributed by atoms with Gasteiger partial charge in [-0.3, -0.25) is 4.79 Å². The first-order chi connectivity index (χ1) is 10.6. The van der Waals surface area contributed by atoms with Gasteiger partial charge in [-0.15, -0.1) is 0 Å². The van der Waals surface area contributed by atoms with E-state index in [1.54, 1.807) is 42.5 Å². The summed E-state index contributed by atoms with van der Waals surface area (Å²) >= 11 is 5.77. The largest absolute Gasteiger partial charge is 0.492 e. The molecule has 0 bridgehead atoms. The van der Waals surface area contributed by atoms with Gasteiger partial charge in [-0.05, 0) is 48.0 Å². The van der Waals surface area contributed by atoms with Gasteiger partial charge in [-0.2, -0.15) is 0 Å². The Bertz CT molecular complexity index is 656. The predicted octanol–water partition coefficient (Wildman–Crippen LogP) is 3.69. The molecule has 0 atom stereocenters. The molecule has 0 aliphatic rings.